The van der Waals surface area contributed by atoms with E-state index in [1.165, 1.54) is 0 Å². The summed E-state index contributed by atoms with van der Waals surface area (Å²) in [6.07, 6.45) is 3.43. The Bertz CT molecular complexity index is 875. The molecule has 2 aromatic carbocycles. The second kappa shape index (κ2) is 6.57. The maximum absolute atomic E-state index is 12.5. The fourth-order valence-electron chi connectivity index (χ4n) is 2.39. The van der Waals surface area contributed by atoms with Gasteiger partial charge in [0.1, 0.15) is 0 Å². The highest BCUT2D eigenvalue weighted by Crippen LogP contribution is 2.28. The van der Waals surface area contributed by atoms with Crippen molar-refractivity contribution in [2.24, 2.45) is 0 Å². The summed E-state index contributed by atoms with van der Waals surface area (Å²) in [5.74, 6) is -0.481. The van der Waals surface area contributed by atoms with Gasteiger partial charge >= 0.3 is 0 Å². The molecule has 1 heterocycles. The van der Waals surface area contributed by atoms with Crippen LogP contribution in [0.1, 0.15) is 18.4 Å². The summed E-state index contributed by atoms with van der Waals surface area (Å²) in [5.41, 5.74) is 1.50. The molecule has 0 fully saturated rings. The number of carbonyl (C=O) groups is 1. The van der Waals surface area contributed by atoms with E-state index in [2.05, 4.69) is 10.3 Å². The van der Waals surface area contributed by atoms with Crippen molar-refractivity contribution in [2.75, 3.05) is 5.32 Å². The van der Waals surface area contributed by atoms with Gasteiger partial charge in [0.2, 0.25) is 5.91 Å². The molecule has 0 saturated heterocycles. The average molecular weight is 345 g/mol. The number of hydrogen-bond donors (Lipinski definition) is 1. The minimum Gasteiger partial charge on any atom is -0.324 e. The Morgan fingerprint density at radius 3 is 2.65 bits per heavy atom. The topological polar surface area (TPSA) is 42.0 Å². The zero-order valence-electron chi connectivity index (χ0n) is 12.4. The molecule has 0 bridgehead atoms. The van der Waals surface area contributed by atoms with Gasteiger partial charge in [-0.3, -0.25) is 9.78 Å². The third-order valence-electron chi connectivity index (χ3n) is 3.76. The first-order chi connectivity index (χ1) is 11.1. The van der Waals surface area contributed by atoms with Crippen LogP contribution in [0.3, 0.4) is 0 Å². The van der Waals surface area contributed by atoms with Gasteiger partial charge in [-0.15, -0.1) is 0 Å². The lowest BCUT2D eigenvalue weighted by Gasteiger charge is -2.14. The summed E-state index contributed by atoms with van der Waals surface area (Å²) in [4.78, 5) is 16.7. The quantitative estimate of drug-likeness (QED) is 0.701. The van der Waals surface area contributed by atoms with Gasteiger partial charge in [0.05, 0.1) is 27.8 Å². The van der Waals surface area contributed by atoms with Crippen molar-refractivity contribution in [3.63, 3.8) is 0 Å². The van der Waals surface area contributed by atoms with Crippen molar-refractivity contribution in [1.29, 1.82) is 0 Å². The summed E-state index contributed by atoms with van der Waals surface area (Å²) in [5, 5.41) is 5.79. The molecule has 0 saturated carbocycles. The molecule has 5 heteroatoms. The van der Waals surface area contributed by atoms with Crippen LogP contribution in [0.4, 0.5) is 5.69 Å². The van der Waals surface area contributed by atoms with Gasteiger partial charge in [-0.2, -0.15) is 0 Å². The molecule has 0 aliphatic rings. The minimum absolute atomic E-state index is 0.124. The van der Waals surface area contributed by atoms with Gasteiger partial charge in [-0.25, -0.2) is 0 Å². The lowest BCUT2D eigenvalue weighted by molar-refractivity contribution is -0.117. The van der Waals surface area contributed by atoms with Crippen molar-refractivity contribution >= 4 is 45.6 Å². The van der Waals surface area contributed by atoms with Gasteiger partial charge < -0.3 is 5.32 Å². The van der Waals surface area contributed by atoms with Crippen molar-refractivity contribution in [1.82, 2.24) is 4.98 Å². The monoisotopic (exact) mass is 344 g/mol. The van der Waals surface area contributed by atoms with Crippen LogP contribution in [0.25, 0.3) is 10.8 Å². The number of halogens is 2. The molecule has 23 heavy (non-hydrogen) atoms. The van der Waals surface area contributed by atoms with Crippen LogP contribution in [0, 0.1) is 0 Å². The van der Waals surface area contributed by atoms with Crippen molar-refractivity contribution in [3.8, 4) is 0 Å². The lowest BCUT2D eigenvalue weighted by Crippen LogP contribution is -2.19. The number of hydrogen-bond acceptors (Lipinski definition) is 2. The molecule has 1 N–H and O–H groups in total. The molecule has 116 valence electrons. The Kier molecular flexibility index (Phi) is 4.51. The summed E-state index contributed by atoms with van der Waals surface area (Å²) >= 11 is 11.9. The van der Waals surface area contributed by atoms with Crippen LogP contribution < -0.4 is 5.32 Å². The van der Waals surface area contributed by atoms with Crippen molar-refractivity contribution < 1.29 is 4.79 Å². The molecule has 0 radical (unpaired) electrons. The van der Waals surface area contributed by atoms with E-state index < -0.39 is 0 Å². The number of nitrogens with one attached hydrogen (secondary N) is 1. The fourth-order valence-corrected chi connectivity index (χ4v) is 2.70. The Morgan fingerprint density at radius 1 is 1.09 bits per heavy atom. The Morgan fingerprint density at radius 2 is 1.87 bits per heavy atom. The van der Waals surface area contributed by atoms with Crippen LogP contribution in [0.15, 0.2) is 54.9 Å². The first kappa shape index (κ1) is 15.8. The smallest absolute Gasteiger partial charge is 0.231 e. The van der Waals surface area contributed by atoms with Crippen molar-refractivity contribution in [3.05, 3.63) is 70.5 Å². The van der Waals surface area contributed by atoms with E-state index in [1.807, 2.05) is 31.2 Å². The average Bonchev–Trinajstić information content (AvgIpc) is 2.57. The highest BCUT2D eigenvalue weighted by atomic mass is 35.5. The van der Waals surface area contributed by atoms with E-state index >= 15 is 0 Å². The van der Waals surface area contributed by atoms with Gasteiger partial charge in [-0.1, -0.05) is 53.5 Å². The van der Waals surface area contributed by atoms with Crippen LogP contribution in [-0.2, 0) is 4.79 Å². The Labute approximate surface area is 144 Å². The maximum atomic E-state index is 12.5. The number of rotatable bonds is 3. The minimum atomic E-state index is -0.358. The highest BCUT2D eigenvalue weighted by Gasteiger charge is 2.17. The molecule has 3 nitrogen and oxygen atoms in total. The number of carbonyl (C=O) groups excluding carboxylic acids is 1. The number of benzene rings is 2. The predicted octanol–water partition coefficient (Wildman–Crippen LogP) is 5.28. The normalized spacial score (nSPS) is 12.1. The molecule has 0 aliphatic heterocycles. The summed E-state index contributed by atoms with van der Waals surface area (Å²) in [6.45, 7) is 1.83. The third-order valence-corrected chi connectivity index (χ3v) is 4.50. The number of pyridine rings is 1. The van der Waals surface area contributed by atoms with Crippen LogP contribution >= 0.6 is 23.2 Å². The number of nitrogens with zero attached hydrogens (tertiary/aromatic N) is 1. The second-order valence-corrected chi connectivity index (χ2v) is 6.11. The standard InChI is InChI=1S/C18H14Cl2N2O/c1-11(12-6-7-15(19)16(20)8-12)18(23)22-17-10-21-9-13-4-2-3-5-14(13)17/h2-11H,1H3,(H,22,23)/t11-/m0/s1. The van der Waals surface area contributed by atoms with Crippen LogP contribution in [-0.4, -0.2) is 10.9 Å². The predicted molar refractivity (Wildman–Crippen MR) is 95.2 cm³/mol. The second-order valence-electron chi connectivity index (χ2n) is 5.29. The number of fused-ring (bicyclic) bond motifs is 1. The Hall–Kier alpha value is -2.10. The fraction of sp³-hybridized carbons (Fsp3) is 0.111. The first-order valence-electron chi connectivity index (χ1n) is 7.15. The molecular weight excluding hydrogens is 331 g/mol. The largest absolute Gasteiger partial charge is 0.324 e. The lowest BCUT2D eigenvalue weighted by atomic mass is 10.00. The molecule has 1 amide bonds. The van der Waals surface area contributed by atoms with Gasteiger partial charge in [0, 0.05) is 17.0 Å². The molecule has 0 aliphatic carbocycles. The molecule has 3 aromatic rings. The van der Waals surface area contributed by atoms with E-state index in [4.69, 9.17) is 23.2 Å². The summed E-state index contributed by atoms with van der Waals surface area (Å²) in [7, 11) is 0. The zero-order chi connectivity index (χ0) is 16.4. The SMILES string of the molecule is C[C@H](C(=O)Nc1cncc2ccccc12)c1ccc(Cl)c(Cl)c1. The highest BCUT2D eigenvalue weighted by molar-refractivity contribution is 6.42. The summed E-state index contributed by atoms with van der Waals surface area (Å²) in [6, 6.07) is 13.0. The van der Waals surface area contributed by atoms with Crippen molar-refractivity contribution in [2.45, 2.75) is 12.8 Å². The first-order valence-corrected chi connectivity index (χ1v) is 7.90. The van der Waals surface area contributed by atoms with Crippen LogP contribution in [0.5, 0.6) is 0 Å². The van der Waals surface area contributed by atoms with E-state index in [0.29, 0.717) is 15.7 Å². The summed E-state index contributed by atoms with van der Waals surface area (Å²) < 4.78 is 0. The van der Waals surface area contributed by atoms with E-state index in [1.54, 1.807) is 30.6 Å². The molecular formula is C18H14Cl2N2O. The molecule has 1 atom stereocenters. The van der Waals surface area contributed by atoms with Crippen LogP contribution in [0.2, 0.25) is 10.0 Å². The number of anilines is 1. The van der Waals surface area contributed by atoms with E-state index in [0.717, 1.165) is 16.3 Å². The molecule has 0 spiro atoms. The number of aromatic nitrogens is 1. The van der Waals surface area contributed by atoms with E-state index in [-0.39, 0.29) is 11.8 Å². The van der Waals surface area contributed by atoms with Gasteiger partial charge in [0.15, 0.2) is 0 Å². The Balaban J connectivity index is 1.86. The molecule has 3 rings (SSSR count). The molecule has 0 unspecified atom stereocenters. The van der Waals surface area contributed by atoms with Gasteiger partial charge in [0.25, 0.3) is 0 Å². The zero-order valence-corrected chi connectivity index (χ0v) is 13.9. The van der Waals surface area contributed by atoms with E-state index in [9.17, 15) is 4.79 Å². The third kappa shape index (κ3) is 3.31. The molecule has 1 aromatic heterocycles. The van der Waals surface area contributed by atoms with Gasteiger partial charge in [-0.05, 0) is 24.6 Å². The number of amides is 1. The maximum Gasteiger partial charge on any atom is 0.231 e.